The number of anilines is 2. The van der Waals surface area contributed by atoms with E-state index in [0.717, 1.165) is 31.7 Å². The van der Waals surface area contributed by atoms with Gasteiger partial charge >= 0.3 is 7.82 Å². The van der Waals surface area contributed by atoms with E-state index < -0.39 is 79.1 Å². The summed E-state index contributed by atoms with van der Waals surface area (Å²) in [5, 5.41) is 40.9. The molecule has 0 aliphatic carbocycles. The Morgan fingerprint density at radius 1 is 0.625 bits per heavy atom. The maximum Gasteiger partial charge on any atom is 0.587 e. The molecule has 510 valence electrons. The van der Waals surface area contributed by atoms with Gasteiger partial charge in [-0.05, 0) is 105 Å². The minimum atomic E-state index is -5.02. The number of rotatable bonds is 33. The van der Waals surface area contributed by atoms with Gasteiger partial charge in [-0.1, -0.05) is 157 Å². The van der Waals surface area contributed by atoms with E-state index in [1.807, 2.05) is 6.07 Å². The number of phosphoric ester groups is 1. The molecular formula is C70H83Cl2FN11O11P. The lowest BCUT2D eigenvalue weighted by molar-refractivity contribution is -0.200. The number of nitriles is 3. The van der Waals surface area contributed by atoms with E-state index in [4.69, 9.17) is 81.4 Å². The number of hydrogen-bond donors (Lipinski definition) is 2. The van der Waals surface area contributed by atoms with Crippen molar-refractivity contribution in [2.24, 2.45) is 0 Å². The van der Waals surface area contributed by atoms with E-state index in [-0.39, 0.29) is 64.8 Å². The highest BCUT2D eigenvalue weighted by molar-refractivity contribution is 7.49. The van der Waals surface area contributed by atoms with Crippen LogP contribution in [0.15, 0.2) is 91.5 Å². The molecule has 4 aliphatic heterocycles. The predicted octanol–water partition coefficient (Wildman–Crippen LogP) is 15.3. The fraction of sp³-hybridized carbons (Fsp3) is 0.529. The molecule has 4 fully saturated rings. The number of nitrogen functional groups attached to an aromatic ring is 2. The molecular weight excluding hydrogens is 1290 g/mol. The minimum absolute atomic E-state index is 0.0692. The van der Waals surface area contributed by atoms with Crippen LogP contribution in [0, 0.1) is 39.8 Å². The molecule has 0 bridgehead atoms. The fourth-order valence-corrected chi connectivity index (χ4v) is 15.4. The highest BCUT2D eigenvalue weighted by Crippen LogP contribution is 2.57. The summed E-state index contributed by atoms with van der Waals surface area (Å²) >= 11 is 14.7. The van der Waals surface area contributed by atoms with E-state index >= 15 is 4.57 Å². The van der Waals surface area contributed by atoms with E-state index in [9.17, 15) is 20.2 Å². The Labute approximate surface area is 569 Å². The van der Waals surface area contributed by atoms with Gasteiger partial charge in [0, 0.05) is 12.8 Å². The van der Waals surface area contributed by atoms with Crippen molar-refractivity contribution < 1.29 is 55.7 Å². The quantitative estimate of drug-likeness (QED) is 0.0285. The summed E-state index contributed by atoms with van der Waals surface area (Å²) in [6.07, 6.45) is 15.6. The molecule has 3 aromatic carbocycles. The SMILES string of the molecule is CCCCCCCCCCCCCCCCCC[C@H](COP(=O)(Oc1cccc(C[C@]2(C#N)O[C@@H](c3ccc4c(N)ncnn34)C3OC(C)(C)OC32)c1Cl)Oc1cccc(C[C@]2(C#N)O[C@@H](c3ccc4c(N)ncnn34)C3OC(C)(C)OC32)c1Cl)OCc1cc(F)cc(C#N)c1. The molecule has 8 heterocycles. The van der Waals surface area contributed by atoms with Crippen LogP contribution < -0.4 is 20.5 Å². The van der Waals surface area contributed by atoms with E-state index in [1.54, 1.807) is 91.3 Å². The summed E-state index contributed by atoms with van der Waals surface area (Å²) in [7, 11) is -5.02. The molecule has 4 aromatic heterocycles. The van der Waals surface area contributed by atoms with Crippen LogP contribution in [-0.4, -0.2) is 89.1 Å². The third kappa shape index (κ3) is 15.8. The molecule has 0 spiro atoms. The van der Waals surface area contributed by atoms with Crippen molar-refractivity contribution in [3.63, 3.8) is 0 Å². The van der Waals surface area contributed by atoms with Crippen LogP contribution in [0.5, 0.6) is 11.5 Å². The first kappa shape index (κ1) is 70.3. The number of fused-ring (bicyclic) bond motifs is 4. The number of hydrogen-bond acceptors (Lipinski definition) is 20. The number of phosphoric acid groups is 1. The average Bonchev–Trinajstić information content (AvgIpc) is 1.57. The van der Waals surface area contributed by atoms with Gasteiger partial charge in [0.05, 0.1) is 52.4 Å². The Morgan fingerprint density at radius 3 is 1.53 bits per heavy atom. The average molecular weight is 1380 g/mol. The second-order valence-electron chi connectivity index (χ2n) is 26.2. The molecule has 7 aromatic rings. The summed E-state index contributed by atoms with van der Waals surface area (Å²) < 4.78 is 99.2. The van der Waals surface area contributed by atoms with Crippen molar-refractivity contribution >= 4 is 53.7 Å². The van der Waals surface area contributed by atoms with Crippen molar-refractivity contribution in [2.75, 3.05) is 18.1 Å². The minimum Gasteiger partial charge on any atom is -0.393 e. The summed E-state index contributed by atoms with van der Waals surface area (Å²) in [5.74, 6) is -2.72. The van der Waals surface area contributed by atoms with E-state index in [1.165, 1.54) is 101 Å². The molecule has 0 saturated carbocycles. The number of halogens is 3. The van der Waals surface area contributed by atoms with Gasteiger partial charge in [0.1, 0.15) is 78.3 Å². The van der Waals surface area contributed by atoms with Crippen molar-refractivity contribution in [1.29, 1.82) is 15.8 Å². The molecule has 4 unspecified atom stereocenters. The molecule has 9 atom stereocenters. The number of nitrogens with two attached hydrogens (primary N) is 2. The van der Waals surface area contributed by atoms with Gasteiger partial charge in [-0.3, -0.25) is 4.52 Å². The number of aromatic nitrogens is 6. The van der Waals surface area contributed by atoms with Crippen molar-refractivity contribution in [3.05, 3.63) is 141 Å². The first-order valence-electron chi connectivity index (χ1n) is 33.3. The van der Waals surface area contributed by atoms with Crippen LogP contribution in [0.25, 0.3) is 11.0 Å². The maximum atomic E-state index is 16.0. The van der Waals surface area contributed by atoms with Crippen molar-refractivity contribution in [1.82, 2.24) is 29.2 Å². The summed E-state index contributed by atoms with van der Waals surface area (Å²) in [5.41, 5.74) is 12.3. The van der Waals surface area contributed by atoms with Gasteiger partial charge < -0.3 is 53.7 Å². The zero-order valence-corrected chi connectivity index (χ0v) is 57.2. The summed E-state index contributed by atoms with van der Waals surface area (Å²) in [6.45, 7) is 8.74. The van der Waals surface area contributed by atoms with E-state index in [0.29, 0.717) is 52.0 Å². The summed E-state index contributed by atoms with van der Waals surface area (Å²) in [6, 6.07) is 27.3. The van der Waals surface area contributed by atoms with E-state index in [2.05, 4.69) is 39.2 Å². The number of unbranched alkanes of at least 4 members (excludes halogenated alkanes) is 15. The van der Waals surface area contributed by atoms with Crippen LogP contribution in [0.2, 0.25) is 10.0 Å². The normalized spacial score (nSPS) is 24.1. The Kier molecular flexibility index (Phi) is 22.3. The van der Waals surface area contributed by atoms with Crippen molar-refractivity contribution in [3.8, 4) is 29.7 Å². The molecule has 22 nitrogen and oxygen atoms in total. The Morgan fingerprint density at radius 2 is 1.08 bits per heavy atom. The molecule has 96 heavy (non-hydrogen) atoms. The van der Waals surface area contributed by atoms with Crippen LogP contribution >= 0.6 is 31.0 Å². The van der Waals surface area contributed by atoms with Crippen LogP contribution in [-0.2, 0) is 61.7 Å². The van der Waals surface area contributed by atoms with Crippen LogP contribution in [0.3, 0.4) is 0 Å². The molecule has 4 aliphatic rings. The molecule has 4 N–H and O–H groups in total. The molecule has 0 radical (unpaired) electrons. The van der Waals surface area contributed by atoms with Gasteiger partial charge in [-0.25, -0.2) is 28.0 Å². The molecule has 0 amide bonds. The monoisotopic (exact) mass is 1370 g/mol. The van der Waals surface area contributed by atoms with Gasteiger partial charge in [0.15, 0.2) is 45.9 Å². The Balaban J connectivity index is 0.860. The lowest BCUT2D eigenvalue weighted by atomic mass is 9.88. The second kappa shape index (κ2) is 30.4. The zero-order chi connectivity index (χ0) is 67.8. The van der Waals surface area contributed by atoms with Gasteiger partial charge in [0.2, 0.25) is 0 Å². The fourth-order valence-electron chi connectivity index (χ4n) is 13.6. The lowest BCUT2D eigenvalue weighted by Crippen LogP contribution is -2.44. The Bertz CT molecular complexity index is 3870. The number of benzene rings is 3. The second-order valence-corrected chi connectivity index (χ2v) is 28.5. The standard InChI is InChI=1S/C70H83Cl2FN11O11P/c1-6-7-8-9-10-11-12-13-14-15-16-17-18-19-20-21-26-50(86-39-46-33-45(38-74)34-49(73)35-46)40-87-96(85,94-55-27-22-24-47(57(55)71)36-69(41-75)63-61(88-67(2,3)92-63)59(90-69)51-29-31-53-65(77)79-43-81-83(51)53)95-56-28-23-25-48(58(56)72)37-70(42-76)64-62(89-68(4,5)93-64)60(91-70)52-30-32-54-66(78)80-44-82-84(52)54/h22-25,27-35,43-44,50,59-64H,6-21,26,36-37,39-40H2,1-5H3,(H2,77,79,81)(H2,78,80,82)/t50-,59+,60+,61?,62?,63?,64?,69-,70-,96?/m1/s1. The van der Waals surface area contributed by atoms with Gasteiger partial charge in [-0.2, -0.15) is 26.0 Å². The predicted molar refractivity (Wildman–Crippen MR) is 356 cm³/mol. The van der Waals surface area contributed by atoms with Crippen molar-refractivity contribution in [2.45, 2.75) is 229 Å². The third-order valence-corrected chi connectivity index (χ3v) is 20.4. The highest BCUT2D eigenvalue weighted by atomic mass is 35.5. The summed E-state index contributed by atoms with van der Waals surface area (Å²) in [4.78, 5) is 8.25. The Hall–Kier alpha value is -7.01. The smallest absolute Gasteiger partial charge is 0.393 e. The largest absolute Gasteiger partial charge is 0.587 e. The van der Waals surface area contributed by atoms with Crippen LogP contribution in [0.1, 0.15) is 190 Å². The number of ether oxygens (including phenoxy) is 7. The molecule has 4 saturated heterocycles. The first-order valence-corrected chi connectivity index (χ1v) is 35.5. The zero-order valence-electron chi connectivity index (χ0n) is 54.8. The number of nitrogens with zero attached hydrogens (tertiary/aromatic N) is 9. The lowest BCUT2D eigenvalue weighted by Gasteiger charge is -2.30. The highest BCUT2D eigenvalue weighted by Gasteiger charge is 2.66. The first-order chi connectivity index (χ1) is 46.2. The third-order valence-electron chi connectivity index (χ3n) is 18.2. The van der Waals surface area contributed by atoms with Gasteiger partial charge in [0.25, 0.3) is 0 Å². The molecule has 11 rings (SSSR count). The molecule has 26 heteroatoms. The topological polar surface area (TPSA) is 293 Å². The van der Waals surface area contributed by atoms with Crippen LogP contribution in [0.4, 0.5) is 16.0 Å². The van der Waals surface area contributed by atoms with Gasteiger partial charge in [-0.15, -0.1) is 0 Å². The maximum absolute atomic E-state index is 16.0.